The van der Waals surface area contributed by atoms with Crippen LogP contribution in [0.1, 0.15) is 20.3 Å². The summed E-state index contributed by atoms with van der Waals surface area (Å²) in [5.74, 6) is 1.13. The third kappa shape index (κ3) is 4.27. The standard InChI is InChI=1S/C7H15OSi/c1-5-7(6-2)8-9(3)4/h5H,6H2,1-4H3/b7-5+. The lowest BCUT2D eigenvalue weighted by molar-refractivity contribution is 0.422. The number of rotatable bonds is 3. The van der Waals surface area contributed by atoms with Gasteiger partial charge in [0.05, 0.1) is 5.76 Å². The van der Waals surface area contributed by atoms with Crippen molar-refractivity contribution >= 4 is 9.04 Å². The monoisotopic (exact) mass is 143 g/mol. The Balaban J connectivity index is 3.58. The van der Waals surface area contributed by atoms with E-state index >= 15 is 0 Å². The van der Waals surface area contributed by atoms with Gasteiger partial charge in [0.25, 0.3) is 9.04 Å². The van der Waals surface area contributed by atoms with Crippen molar-refractivity contribution in [3.63, 3.8) is 0 Å². The van der Waals surface area contributed by atoms with E-state index in [4.69, 9.17) is 4.43 Å². The molecule has 0 fully saturated rings. The second-order valence-electron chi connectivity index (χ2n) is 2.12. The maximum atomic E-state index is 5.51. The highest BCUT2D eigenvalue weighted by Gasteiger charge is 1.98. The molecule has 0 aromatic carbocycles. The van der Waals surface area contributed by atoms with E-state index in [9.17, 15) is 0 Å². The number of hydrogen-bond acceptors (Lipinski definition) is 1. The molecule has 0 saturated heterocycles. The highest BCUT2D eigenvalue weighted by molar-refractivity contribution is 6.48. The normalized spacial score (nSPS) is 12.3. The molecule has 0 rings (SSSR count). The SMILES string of the molecule is C/C=C(\CC)O[Si](C)C. The van der Waals surface area contributed by atoms with Crippen LogP contribution in [0.25, 0.3) is 0 Å². The fourth-order valence-electron chi connectivity index (χ4n) is 0.597. The third-order valence-corrected chi connectivity index (χ3v) is 1.68. The molecule has 0 heterocycles. The summed E-state index contributed by atoms with van der Waals surface area (Å²) in [5, 5.41) is 0. The van der Waals surface area contributed by atoms with Gasteiger partial charge in [-0.05, 0) is 20.0 Å². The molecule has 2 heteroatoms. The van der Waals surface area contributed by atoms with Gasteiger partial charge in [0.2, 0.25) is 0 Å². The van der Waals surface area contributed by atoms with Crippen molar-refractivity contribution in [1.29, 1.82) is 0 Å². The summed E-state index contributed by atoms with van der Waals surface area (Å²) in [4.78, 5) is 0. The number of allylic oxidation sites excluding steroid dienone is 2. The average molecular weight is 143 g/mol. The van der Waals surface area contributed by atoms with Crippen LogP contribution in [-0.4, -0.2) is 9.04 Å². The van der Waals surface area contributed by atoms with Crippen LogP contribution in [0.5, 0.6) is 0 Å². The van der Waals surface area contributed by atoms with E-state index in [2.05, 4.69) is 20.0 Å². The molecule has 0 aliphatic rings. The third-order valence-electron chi connectivity index (χ3n) is 1.01. The van der Waals surface area contributed by atoms with Gasteiger partial charge in [-0.3, -0.25) is 0 Å². The Labute approximate surface area is 59.5 Å². The quantitative estimate of drug-likeness (QED) is 0.436. The van der Waals surface area contributed by atoms with Gasteiger partial charge in [-0.15, -0.1) is 0 Å². The average Bonchev–Trinajstić information content (AvgIpc) is 1.82. The van der Waals surface area contributed by atoms with Crippen molar-refractivity contribution in [3.8, 4) is 0 Å². The van der Waals surface area contributed by atoms with Crippen LogP contribution < -0.4 is 0 Å². The molecule has 0 aliphatic heterocycles. The molecule has 0 bridgehead atoms. The maximum absolute atomic E-state index is 5.51. The van der Waals surface area contributed by atoms with Crippen LogP contribution in [0.2, 0.25) is 13.1 Å². The molecule has 0 N–H and O–H groups in total. The lowest BCUT2D eigenvalue weighted by Gasteiger charge is -2.09. The summed E-state index contributed by atoms with van der Waals surface area (Å²) in [5.41, 5.74) is 0. The molecule has 53 valence electrons. The fourth-order valence-corrected chi connectivity index (χ4v) is 1.38. The van der Waals surface area contributed by atoms with Gasteiger partial charge >= 0.3 is 0 Å². The Bertz CT molecular complexity index is 97.1. The summed E-state index contributed by atoms with van der Waals surface area (Å²) >= 11 is 0. The molecule has 0 amide bonds. The van der Waals surface area contributed by atoms with Crippen molar-refractivity contribution in [3.05, 3.63) is 11.8 Å². The first-order valence-corrected chi connectivity index (χ1v) is 5.74. The molecule has 1 radical (unpaired) electrons. The van der Waals surface area contributed by atoms with Crippen molar-refractivity contribution in [2.45, 2.75) is 33.4 Å². The summed E-state index contributed by atoms with van der Waals surface area (Å²) in [6.07, 6.45) is 3.06. The predicted molar refractivity (Wildman–Crippen MR) is 42.6 cm³/mol. The van der Waals surface area contributed by atoms with Gasteiger partial charge < -0.3 is 4.43 Å². The Morgan fingerprint density at radius 1 is 1.56 bits per heavy atom. The Kier molecular flexibility index (Phi) is 4.49. The predicted octanol–water partition coefficient (Wildman–Crippen LogP) is 2.57. The van der Waals surface area contributed by atoms with Crippen molar-refractivity contribution in [2.75, 3.05) is 0 Å². The van der Waals surface area contributed by atoms with Crippen molar-refractivity contribution in [2.24, 2.45) is 0 Å². The molecule has 0 aromatic rings. The highest BCUT2D eigenvalue weighted by Crippen LogP contribution is 2.03. The smallest absolute Gasteiger partial charge is 0.273 e. The van der Waals surface area contributed by atoms with E-state index in [1.165, 1.54) is 0 Å². The first kappa shape index (κ1) is 8.76. The molecular weight excluding hydrogens is 128 g/mol. The van der Waals surface area contributed by atoms with Gasteiger partial charge in [0.1, 0.15) is 0 Å². The van der Waals surface area contributed by atoms with Crippen LogP contribution >= 0.6 is 0 Å². The fraction of sp³-hybridized carbons (Fsp3) is 0.714. The van der Waals surface area contributed by atoms with Gasteiger partial charge in [-0.2, -0.15) is 0 Å². The second-order valence-corrected chi connectivity index (χ2v) is 4.14. The zero-order chi connectivity index (χ0) is 7.28. The van der Waals surface area contributed by atoms with Gasteiger partial charge in [-0.1, -0.05) is 13.0 Å². The topological polar surface area (TPSA) is 9.23 Å². The zero-order valence-corrected chi connectivity index (χ0v) is 7.69. The maximum Gasteiger partial charge on any atom is 0.273 e. The molecular formula is C7H15OSi. The van der Waals surface area contributed by atoms with Crippen LogP contribution in [0.4, 0.5) is 0 Å². The lowest BCUT2D eigenvalue weighted by Crippen LogP contribution is -2.06. The lowest BCUT2D eigenvalue weighted by atomic mass is 10.4. The van der Waals surface area contributed by atoms with E-state index < -0.39 is 9.04 Å². The molecule has 0 unspecified atom stereocenters. The van der Waals surface area contributed by atoms with E-state index in [-0.39, 0.29) is 0 Å². The Morgan fingerprint density at radius 2 is 2.11 bits per heavy atom. The van der Waals surface area contributed by atoms with Crippen molar-refractivity contribution < 1.29 is 4.43 Å². The molecule has 0 spiro atoms. The first-order chi connectivity index (χ1) is 4.20. The zero-order valence-electron chi connectivity index (χ0n) is 6.69. The van der Waals surface area contributed by atoms with Gasteiger partial charge in [0.15, 0.2) is 0 Å². The first-order valence-electron chi connectivity index (χ1n) is 3.33. The van der Waals surface area contributed by atoms with Crippen LogP contribution in [0.3, 0.4) is 0 Å². The minimum absolute atomic E-state index is 0.526. The minimum atomic E-state index is -0.526. The van der Waals surface area contributed by atoms with E-state index in [1.807, 2.05) is 13.0 Å². The largest absolute Gasteiger partial charge is 0.546 e. The van der Waals surface area contributed by atoms with E-state index in [1.54, 1.807) is 0 Å². The van der Waals surface area contributed by atoms with Crippen LogP contribution in [0, 0.1) is 0 Å². The van der Waals surface area contributed by atoms with Crippen LogP contribution in [-0.2, 0) is 4.43 Å². The minimum Gasteiger partial charge on any atom is -0.546 e. The highest BCUT2D eigenvalue weighted by atomic mass is 28.3. The molecule has 9 heavy (non-hydrogen) atoms. The van der Waals surface area contributed by atoms with E-state index in [0.717, 1.165) is 12.2 Å². The molecule has 0 atom stereocenters. The summed E-state index contributed by atoms with van der Waals surface area (Å²) < 4.78 is 5.51. The molecule has 0 aliphatic carbocycles. The Hall–Kier alpha value is -0.243. The van der Waals surface area contributed by atoms with Crippen molar-refractivity contribution in [1.82, 2.24) is 0 Å². The van der Waals surface area contributed by atoms with Gasteiger partial charge in [-0.25, -0.2) is 0 Å². The number of hydrogen-bond donors (Lipinski definition) is 0. The van der Waals surface area contributed by atoms with E-state index in [0.29, 0.717) is 0 Å². The van der Waals surface area contributed by atoms with Crippen LogP contribution in [0.15, 0.2) is 11.8 Å². The molecule has 0 aromatic heterocycles. The second kappa shape index (κ2) is 4.62. The molecule has 0 saturated carbocycles. The summed E-state index contributed by atoms with van der Waals surface area (Å²) in [6.45, 7) is 8.41. The summed E-state index contributed by atoms with van der Waals surface area (Å²) in [7, 11) is -0.526. The summed E-state index contributed by atoms with van der Waals surface area (Å²) in [6, 6.07) is 0. The molecule has 1 nitrogen and oxygen atoms in total. The van der Waals surface area contributed by atoms with Gasteiger partial charge in [0, 0.05) is 6.42 Å². The Morgan fingerprint density at radius 3 is 2.22 bits per heavy atom.